The number of rotatable bonds is 6. The largest absolute Gasteiger partial charge is 0.344 e. The van der Waals surface area contributed by atoms with Crippen molar-refractivity contribution in [2.75, 3.05) is 13.1 Å². The monoisotopic (exact) mass is 421 g/mol. The molecule has 1 aromatic heterocycles. The van der Waals surface area contributed by atoms with Crippen LogP contribution in [0.3, 0.4) is 0 Å². The molecule has 4 N–H and O–H groups in total. The average molecular weight is 422 g/mol. The van der Waals surface area contributed by atoms with Crippen LogP contribution in [0.25, 0.3) is 0 Å². The Balaban J connectivity index is 0.00000280. The van der Waals surface area contributed by atoms with Gasteiger partial charge in [0.1, 0.15) is 0 Å². The molecule has 1 amide bonds. The third kappa shape index (κ3) is 4.48. The molecule has 1 aliphatic rings. The molecule has 1 aromatic carbocycles. The molecule has 1 fully saturated rings. The maximum Gasteiger partial charge on any atom is 0.270 e. The number of nitro groups is 1. The van der Waals surface area contributed by atoms with Crippen molar-refractivity contribution in [3.05, 3.63) is 61.8 Å². The van der Waals surface area contributed by atoms with E-state index in [0.29, 0.717) is 31.5 Å². The fourth-order valence-corrected chi connectivity index (χ4v) is 4.02. The van der Waals surface area contributed by atoms with Gasteiger partial charge < -0.3 is 16.4 Å². The van der Waals surface area contributed by atoms with E-state index in [-0.39, 0.29) is 29.6 Å². The predicted molar refractivity (Wildman–Crippen MR) is 108 cm³/mol. The van der Waals surface area contributed by atoms with Crippen LogP contribution in [0.15, 0.2) is 35.0 Å². The number of carbonyl (C=O) groups excluding carboxylic acids is 1. The van der Waals surface area contributed by atoms with E-state index in [9.17, 15) is 20.2 Å². The standard InChI is InChI=1S/C18H19N5O3S.ClH/c19-9-13-8-14(23(25)26)1-2-15(13)18(4-5-21-11-18)22-17(24)16(20)7-12-3-6-27-10-12;/h1-3,6,8,10,16,21H,4-5,7,11,20H2,(H,22,24);1H/t16-,18+;/m0./s1. The highest BCUT2D eigenvalue weighted by molar-refractivity contribution is 7.07. The van der Waals surface area contributed by atoms with Gasteiger partial charge in [-0.05, 0) is 53.4 Å². The maximum absolute atomic E-state index is 12.7. The number of thiophene rings is 1. The molecular formula is C18H20ClN5O3S. The van der Waals surface area contributed by atoms with Crippen LogP contribution in [0, 0.1) is 21.4 Å². The summed E-state index contributed by atoms with van der Waals surface area (Å²) in [5.41, 5.74) is 6.85. The molecule has 0 saturated carbocycles. The van der Waals surface area contributed by atoms with Gasteiger partial charge >= 0.3 is 0 Å². The second-order valence-electron chi connectivity index (χ2n) is 6.54. The van der Waals surface area contributed by atoms with Crippen molar-refractivity contribution in [1.29, 1.82) is 5.26 Å². The minimum Gasteiger partial charge on any atom is -0.344 e. The van der Waals surface area contributed by atoms with Crippen LogP contribution < -0.4 is 16.4 Å². The molecule has 2 aromatic rings. The first-order chi connectivity index (χ1) is 12.9. The number of nitro benzene ring substituents is 1. The molecule has 3 rings (SSSR count). The normalized spacial score (nSPS) is 19.3. The molecule has 0 aliphatic carbocycles. The van der Waals surface area contributed by atoms with E-state index < -0.39 is 16.5 Å². The van der Waals surface area contributed by atoms with Crippen LogP contribution >= 0.6 is 23.7 Å². The number of halogens is 1. The lowest BCUT2D eigenvalue weighted by Gasteiger charge is -2.32. The predicted octanol–water partition coefficient (Wildman–Crippen LogP) is 1.82. The lowest BCUT2D eigenvalue weighted by Crippen LogP contribution is -2.53. The Labute approximate surface area is 172 Å². The van der Waals surface area contributed by atoms with Gasteiger partial charge in [0.2, 0.25) is 5.91 Å². The summed E-state index contributed by atoms with van der Waals surface area (Å²) in [6, 6.07) is 7.37. The highest BCUT2D eigenvalue weighted by atomic mass is 35.5. The molecule has 1 aliphatic heterocycles. The number of hydrogen-bond acceptors (Lipinski definition) is 7. The van der Waals surface area contributed by atoms with Gasteiger partial charge in [-0.2, -0.15) is 16.6 Å². The van der Waals surface area contributed by atoms with Crippen molar-refractivity contribution in [2.45, 2.75) is 24.4 Å². The lowest BCUT2D eigenvalue weighted by atomic mass is 9.85. The summed E-state index contributed by atoms with van der Waals surface area (Å²) in [4.78, 5) is 23.2. The summed E-state index contributed by atoms with van der Waals surface area (Å²) in [7, 11) is 0. The van der Waals surface area contributed by atoms with Gasteiger partial charge in [0.15, 0.2) is 0 Å². The molecule has 148 valence electrons. The third-order valence-electron chi connectivity index (χ3n) is 4.74. The number of nitrogens with zero attached hydrogens (tertiary/aromatic N) is 2. The summed E-state index contributed by atoms with van der Waals surface area (Å²) < 4.78 is 0. The van der Waals surface area contributed by atoms with E-state index in [1.165, 1.54) is 12.1 Å². The van der Waals surface area contributed by atoms with Gasteiger partial charge in [-0.25, -0.2) is 0 Å². The fraction of sp³-hybridized carbons (Fsp3) is 0.333. The van der Waals surface area contributed by atoms with Gasteiger partial charge in [0, 0.05) is 18.7 Å². The number of non-ortho nitro benzene ring substituents is 1. The Kier molecular flexibility index (Phi) is 7.10. The first kappa shape index (κ1) is 21.8. The minimum atomic E-state index is -0.816. The molecule has 2 heterocycles. The van der Waals surface area contributed by atoms with Crippen molar-refractivity contribution in [2.24, 2.45) is 5.73 Å². The fourth-order valence-electron chi connectivity index (χ4n) is 3.34. The van der Waals surface area contributed by atoms with Gasteiger partial charge in [-0.15, -0.1) is 12.4 Å². The van der Waals surface area contributed by atoms with E-state index in [2.05, 4.69) is 10.6 Å². The second-order valence-corrected chi connectivity index (χ2v) is 7.32. The number of benzene rings is 1. The number of hydrogen-bond donors (Lipinski definition) is 3. The summed E-state index contributed by atoms with van der Waals surface area (Å²) in [5.74, 6) is -0.313. The first-order valence-electron chi connectivity index (χ1n) is 8.43. The molecule has 28 heavy (non-hydrogen) atoms. The van der Waals surface area contributed by atoms with Crippen LogP contribution in [0.4, 0.5) is 5.69 Å². The highest BCUT2D eigenvalue weighted by Crippen LogP contribution is 2.32. The molecule has 0 spiro atoms. The van der Waals surface area contributed by atoms with Crippen molar-refractivity contribution in [3.63, 3.8) is 0 Å². The zero-order chi connectivity index (χ0) is 19.4. The SMILES string of the molecule is Cl.N#Cc1cc([N+](=O)[O-])ccc1[C@@]1(NC(=O)[C@@H](N)Cc2ccsc2)CCNC1. The summed E-state index contributed by atoms with van der Waals surface area (Å²) in [6.07, 6.45) is 0.987. The quantitative estimate of drug-likeness (QED) is 0.481. The zero-order valence-electron chi connectivity index (χ0n) is 14.9. The minimum absolute atomic E-state index is 0. The molecule has 10 heteroatoms. The van der Waals surface area contributed by atoms with Crippen LogP contribution in [0.1, 0.15) is 23.1 Å². The summed E-state index contributed by atoms with van der Waals surface area (Å²) in [6.45, 7) is 1.08. The van der Waals surface area contributed by atoms with E-state index in [1.807, 2.05) is 22.9 Å². The molecule has 2 atom stereocenters. The Morgan fingerprint density at radius 3 is 2.86 bits per heavy atom. The molecule has 1 saturated heterocycles. The van der Waals surface area contributed by atoms with E-state index in [0.717, 1.165) is 5.56 Å². The summed E-state index contributed by atoms with van der Waals surface area (Å²) >= 11 is 1.54. The lowest BCUT2D eigenvalue weighted by molar-refractivity contribution is -0.384. The number of nitrogens with one attached hydrogen (secondary N) is 2. The molecule has 0 bridgehead atoms. The van der Waals surface area contributed by atoms with Gasteiger partial charge in [0.05, 0.1) is 28.1 Å². The Morgan fingerprint density at radius 1 is 1.50 bits per heavy atom. The van der Waals surface area contributed by atoms with E-state index in [4.69, 9.17) is 5.73 Å². The van der Waals surface area contributed by atoms with Crippen LogP contribution in [0.2, 0.25) is 0 Å². The molecular weight excluding hydrogens is 402 g/mol. The average Bonchev–Trinajstić information content (AvgIpc) is 3.33. The van der Waals surface area contributed by atoms with Crippen LogP contribution in [0.5, 0.6) is 0 Å². The third-order valence-corrected chi connectivity index (χ3v) is 5.47. The Bertz CT molecular complexity index is 891. The van der Waals surface area contributed by atoms with Crippen molar-refractivity contribution in [1.82, 2.24) is 10.6 Å². The van der Waals surface area contributed by atoms with Gasteiger partial charge in [-0.1, -0.05) is 0 Å². The molecule has 0 radical (unpaired) electrons. The van der Waals surface area contributed by atoms with Crippen molar-refractivity contribution >= 4 is 35.3 Å². The first-order valence-corrected chi connectivity index (χ1v) is 9.38. The van der Waals surface area contributed by atoms with Gasteiger partial charge in [-0.3, -0.25) is 14.9 Å². The topological polar surface area (TPSA) is 134 Å². The highest BCUT2D eigenvalue weighted by Gasteiger charge is 2.40. The Morgan fingerprint density at radius 2 is 2.29 bits per heavy atom. The van der Waals surface area contributed by atoms with Crippen LogP contribution in [-0.4, -0.2) is 30.0 Å². The number of amides is 1. The van der Waals surface area contributed by atoms with Crippen LogP contribution in [-0.2, 0) is 16.8 Å². The molecule has 8 nitrogen and oxygen atoms in total. The number of nitrogens with two attached hydrogens (primary N) is 1. The second kappa shape index (κ2) is 9.12. The maximum atomic E-state index is 12.7. The number of nitriles is 1. The van der Waals surface area contributed by atoms with Crippen molar-refractivity contribution in [3.8, 4) is 6.07 Å². The Hall–Kier alpha value is -2.51. The van der Waals surface area contributed by atoms with Gasteiger partial charge in [0.25, 0.3) is 5.69 Å². The van der Waals surface area contributed by atoms with E-state index in [1.54, 1.807) is 17.4 Å². The molecule has 0 unspecified atom stereocenters. The zero-order valence-corrected chi connectivity index (χ0v) is 16.5. The smallest absolute Gasteiger partial charge is 0.270 e. The van der Waals surface area contributed by atoms with Crippen molar-refractivity contribution < 1.29 is 9.72 Å². The van der Waals surface area contributed by atoms with E-state index >= 15 is 0 Å². The summed E-state index contributed by atoms with van der Waals surface area (Å²) in [5, 5.41) is 30.6. The number of carbonyl (C=O) groups is 1.